The van der Waals surface area contributed by atoms with E-state index < -0.39 is 6.10 Å². The van der Waals surface area contributed by atoms with E-state index in [0.717, 1.165) is 24.2 Å². The third-order valence-corrected chi connectivity index (χ3v) is 4.63. The number of methoxy groups -OCH3 is 1. The molecule has 4 nitrogen and oxygen atoms in total. The van der Waals surface area contributed by atoms with Crippen molar-refractivity contribution >= 4 is 5.91 Å². The molecule has 1 amide bonds. The molecule has 0 bridgehead atoms. The Kier molecular flexibility index (Phi) is 6.25. The maximum atomic E-state index is 12.0. The van der Waals surface area contributed by atoms with E-state index in [0.29, 0.717) is 18.9 Å². The number of aliphatic hydroxyl groups excluding tert-OH is 1. The molecule has 0 aliphatic heterocycles. The normalized spacial score (nSPS) is 18.0. The second kappa shape index (κ2) is 8.18. The van der Waals surface area contributed by atoms with Crippen molar-refractivity contribution in [3.63, 3.8) is 0 Å². The number of nitrogens with one attached hydrogen (secondary N) is 1. The lowest BCUT2D eigenvalue weighted by Crippen LogP contribution is -2.36. The Morgan fingerprint density at radius 1 is 1.32 bits per heavy atom. The fraction of sp³-hybridized carbons (Fsp3) is 0.611. The molecule has 1 aliphatic carbocycles. The third-order valence-electron chi connectivity index (χ3n) is 4.63. The van der Waals surface area contributed by atoms with E-state index in [1.165, 1.54) is 12.8 Å². The Balaban J connectivity index is 1.75. The molecule has 1 fully saturated rings. The van der Waals surface area contributed by atoms with Crippen LogP contribution in [-0.4, -0.2) is 30.8 Å². The Labute approximate surface area is 132 Å². The van der Waals surface area contributed by atoms with E-state index in [1.807, 2.05) is 31.2 Å². The summed E-state index contributed by atoms with van der Waals surface area (Å²) in [4.78, 5) is 12.0. The highest BCUT2D eigenvalue weighted by Gasteiger charge is 2.23. The largest absolute Gasteiger partial charge is 0.497 e. The highest BCUT2D eigenvalue weighted by Crippen LogP contribution is 2.27. The van der Waals surface area contributed by atoms with Gasteiger partial charge in [0.25, 0.3) is 0 Å². The molecule has 2 rings (SSSR count). The molecular weight excluding hydrogens is 278 g/mol. The molecule has 122 valence electrons. The molecule has 1 aromatic carbocycles. The van der Waals surface area contributed by atoms with Crippen LogP contribution in [0.2, 0.25) is 0 Å². The topological polar surface area (TPSA) is 58.6 Å². The summed E-state index contributed by atoms with van der Waals surface area (Å²) in [5.74, 6) is 1.33. The van der Waals surface area contributed by atoms with Crippen LogP contribution in [0.15, 0.2) is 24.3 Å². The molecule has 0 spiro atoms. The minimum atomic E-state index is -0.400. The van der Waals surface area contributed by atoms with Crippen molar-refractivity contribution < 1.29 is 14.6 Å². The lowest BCUT2D eigenvalue weighted by atomic mass is 9.97. The van der Waals surface area contributed by atoms with Crippen LogP contribution in [0.4, 0.5) is 0 Å². The standard InChI is InChI=1S/C18H27NO3/c1-13(14-7-9-16(22-2)10-8-14)11-18(21)19-12-17(20)15-5-3-4-6-15/h7-10,13,15,17,20H,3-6,11-12H2,1-2H3,(H,19,21). The van der Waals surface area contributed by atoms with E-state index in [9.17, 15) is 9.90 Å². The van der Waals surface area contributed by atoms with Crippen molar-refractivity contribution in [1.29, 1.82) is 0 Å². The third kappa shape index (κ3) is 4.73. The molecular formula is C18H27NO3. The van der Waals surface area contributed by atoms with Crippen molar-refractivity contribution in [1.82, 2.24) is 5.32 Å². The van der Waals surface area contributed by atoms with Gasteiger partial charge in [-0.1, -0.05) is 31.9 Å². The number of ether oxygens (including phenoxy) is 1. The van der Waals surface area contributed by atoms with Gasteiger partial charge in [-0.25, -0.2) is 0 Å². The zero-order valence-electron chi connectivity index (χ0n) is 13.5. The fourth-order valence-electron chi connectivity index (χ4n) is 3.13. The minimum Gasteiger partial charge on any atom is -0.497 e. The molecule has 1 aromatic rings. The van der Waals surface area contributed by atoms with Crippen LogP contribution in [-0.2, 0) is 4.79 Å². The highest BCUT2D eigenvalue weighted by atomic mass is 16.5. The molecule has 0 aromatic heterocycles. The monoisotopic (exact) mass is 305 g/mol. The van der Waals surface area contributed by atoms with Crippen LogP contribution >= 0.6 is 0 Å². The van der Waals surface area contributed by atoms with Gasteiger partial charge in [-0.3, -0.25) is 4.79 Å². The first-order valence-electron chi connectivity index (χ1n) is 8.19. The number of benzene rings is 1. The second-order valence-electron chi connectivity index (χ2n) is 6.29. The summed E-state index contributed by atoms with van der Waals surface area (Å²) in [5.41, 5.74) is 1.12. The van der Waals surface area contributed by atoms with Crippen molar-refractivity contribution in [2.45, 2.75) is 51.0 Å². The molecule has 0 radical (unpaired) electrons. The van der Waals surface area contributed by atoms with Gasteiger partial charge in [0.2, 0.25) is 5.91 Å². The van der Waals surface area contributed by atoms with Gasteiger partial charge in [0.1, 0.15) is 5.75 Å². The molecule has 0 heterocycles. The van der Waals surface area contributed by atoms with E-state index in [2.05, 4.69) is 5.32 Å². The smallest absolute Gasteiger partial charge is 0.220 e. The van der Waals surface area contributed by atoms with Crippen LogP contribution in [0, 0.1) is 5.92 Å². The summed E-state index contributed by atoms with van der Waals surface area (Å²) in [6.07, 6.45) is 4.60. The Morgan fingerprint density at radius 2 is 1.95 bits per heavy atom. The summed E-state index contributed by atoms with van der Waals surface area (Å²) in [5, 5.41) is 12.9. The summed E-state index contributed by atoms with van der Waals surface area (Å²) in [7, 11) is 1.64. The maximum Gasteiger partial charge on any atom is 0.220 e. The SMILES string of the molecule is COc1ccc(C(C)CC(=O)NCC(O)C2CCCC2)cc1. The van der Waals surface area contributed by atoms with Crippen molar-refractivity contribution in [3.05, 3.63) is 29.8 Å². The Hall–Kier alpha value is -1.55. The number of hydrogen-bond acceptors (Lipinski definition) is 3. The summed E-state index contributed by atoms with van der Waals surface area (Å²) in [6.45, 7) is 2.41. The lowest BCUT2D eigenvalue weighted by molar-refractivity contribution is -0.122. The van der Waals surface area contributed by atoms with Gasteiger partial charge in [0, 0.05) is 13.0 Å². The number of hydrogen-bond donors (Lipinski definition) is 2. The van der Waals surface area contributed by atoms with E-state index in [-0.39, 0.29) is 11.8 Å². The molecule has 1 aliphatic rings. The van der Waals surface area contributed by atoms with Gasteiger partial charge >= 0.3 is 0 Å². The Morgan fingerprint density at radius 3 is 2.55 bits per heavy atom. The number of carbonyl (C=O) groups excluding carboxylic acids is 1. The highest BCUT2D eigenvalue weighted by molar-refractivity contribution is 5.76. The molecule has 1 saturated carbocycles. The van der Waals surface area contributed by atoms with Gasteiger partial charge < -0.3 is 15.2 Å². The van der Waals surface area contributed by atoms with Gasteiger partial charge in [-0.05, 0) is 42.4 Å². The predicted octanol–water partition coefficient (Wildman–Crippen LogP) is 2.86. The number of carbonyl (C=O) groups is 1. The Bertz CT molecular complexity index is 466. The molecule has 2 atom stereocenters. The van der Waals surface area contributed by atoms with Crippen molar-refractivity contribution in [2.24, 2.45) is 5.92 Å². The lowest BCUT2D eigenvalue weighted by Gasteiger charge is -2.19. The van der Waals surface area contributed by atoms with Gasteiger partial charge in [0.05, 0.1) is 13.2 Å². The number of rotatable bonds is 7. The van der Waals surface area contributed by atoms with Crippen LogP contribution < -0.4 is 10.1 Å². The van der Waals surface area contributed by atoms with E-state index in [4.69, 9.17) is 4.74 Å². The summed E-state index contributed by atoms with van der Waals surface area (Å²) < 4.78 is 5.14. The van der Waals surface area contributed by atoms with Gasteiger partial charge in [-0.2, -0.15) is 0 Å². The van der Waals surface area contributed by atoms with E-state index in [1.54, 1.807) is 7.11 Å². The van der Waals surface area contributed by atoms with Gasteiger partial charge in [-0.15, -0.1) is 0 Å². The summed E-state index contributed by atoms with van der Waals surface area (Å²) >= 11 is 0. The van der Waals surface area contributed by atoms with E-state index >= 15 is 0 Å². The number of aliphatic hydroxyl groups is 1. The maximum absolute atomic E-state index is 12.0. The molecule has 2 unspecified atom stereocenters. The zero-order valence-corrected chi connectivity index (χ0v) is 13.5. The first-order valence-corrected chi connectivity index (χ1v) is 8.19. The first kappa shape index (κ1) is 16.8. The molecule has 22 heavy (non-hydrogen) atoms. The van der Waals surface area contributed by atoms with Crippen molar-refractivity contribution in [2.75, 3.05) is 13.7 Å². The van der Waals surface area contributed by atoms with Crippen LogP contribution in [0.3, 0.4) is 0 Å². The molecule has 2 N–H and O–H groups in total. The quantitative estimate of drug-likeness (QED) is 0.814. The summed E-state index contributed by atoms with van der Waals surface area (Å²) in [6, 6.07) is 7.80. The van der Waals surface area contributed by atoms with Crippen molar-refractivity contribution in [3.8, 4) is 5.75 Å². The van der Waals surface area contributed by atoms with Gasteiger partial charge in [0.15, 0.2) is 0 Å². The minimum absolute atomic E-state index is 0.000338. The average Bonchev–Trinajstić information content (AvgIpc) is 3.07. The average molecular weight is 305 g/mol. The predicted molar refractivity (Wildman–Crippen MR) is 87.0 cm³/mol. The van der Waals surface area contributed by atoms with Crippen LogP contribution in [0.1, 0.15) is 50.5 Å². The molecule has 4 heteroatoms. The first-order chi connectivity index (χ1) is 10.6. The number of amides is 1. The van der Waals surface area contributed by atoms with Crippen LogP contribution in [0.5, 0.6) is 5.75 Å². The second-order valence-corrected chi connectivity index (χ2v) is 6.29. The molecule has 0 saturated heterocycles. The zero-order chi connectivity index (χ0) is 15.9. The van der Waals surface area contributed by atoms with Crippen LogP contribution in [0.25, 0.3) is 0 Å². The fourth-order valence-corrected chi connectivity index (χ4v) is 3.13.